The number of aryl methyl sites for hydroxylation is 2. The predicted molar refractivity (Wildman–Crippen MR) is 50.1 cm³/mol. The van der Waals surface area contributed by atoms with Gasteiger partial charge in [-0.05, 0) is 37.1 Å². The first-order chi connectivity index (χ1) is 5.52. The molecule has 3 heteroatoms. The van der Waals surface area contributed by atoms with Crippen molar-refractivity contribution in [2.45, 2.75) is 18.7 Å². The summed E-state index contributed by atoms with van der Waals surface area (Å²) >= 11 is 4.15. The molecule has 12 heavy (non-hydrogen) atoms. The average molecular weight is 182 g/mol. The summed E-state index contributed by atoms with van der Waals surface area (Å²) in [7, 11) is 0. The standard InChI is InChI=1S/C9H10O2S/c1-5-3-7(12)4-6(2)8(5)9(10)11/h3-4,12H,1-2H3,(H,10,11). The van der Waals surface area contributed by atoms with Gasteiger partial charge in [0.1, 0.15) is 0 Å². The molecule has 1 aromatic rings. The van der Waals surface area contributed by atoms with Crippen molar-refractivity contribution < 1.29 is 9.90 Å². The van der Waals surface area contributed by atoms with E-state index in [9.17, 15) is 4.79 Å². The quantitative estimate of drug-likeness (QED) is 0.654. The molecule has 0 aliphatic carbocycles. The van der Waals surface area contributed by atoms with Gasteiger partial charge >= 0.3 is 5.97 Å². The zero-order chi connectivity index (χ0) is 9.30. The van der Waals surface area contributed by atoms with Gasteiger partial charge in [-0.2, -0.15) is 0 Å². The first-order valence-electron chi connectivity index (χ1n) is 3.56. The van der Waals surface area contributed by atoms with Crippen molar-refractivity contribution in [3.8, 4) is 0 Å². The van der Waals surface area contributed by atoms with E-state index >= 15 is 0 Å². The number of thiol groups is 1. The van der Waals surface area contributed by atoms with E-state index in [0.717, 1.165) is 16.0 Å². The fourth-order valence-corrected chi connectivity index (χ4v) is 1.67. The van der Waals surface area contributed by atoms with Gasteiger partial charge in [-0.15, -0.1) is 12.6 Å². The third-order valence-corrected chi connectivity index (χ3v) is 1.99. The first-order valence-corrected chi connectivity index (χ1v) is 4.00. The molecular formula is C9H10O2S. The van der Waals surface area contributed by atoms with Gasteiger partial charge in [0.05, 0.1) is 5.56 Å². The van der Waals surface area contributed by atoms with E-state index in [0.29, 0.717) is 5.56 Å². The fraction of sp³-hybridized carbons (Fsp3) is 0.222. The maximum absolute atomic E-state index is 10.7. The zero-order valence-corrected chi connectivity index (χ0v) is 7.85. The molecule has 0 amide bonds. The molecule has 0 unspecified atom stereocenters. The maximum Gasteiger partial charge on any atom is 0.336 e. The van der Waals surface area contributed by atoms with Crippen LogP contribution in [-0.2, 0) is 0 Å². The highest BCUT2D eigenvalue weighted by molar-refractivity contribution is 7.80. The number of hydrogen-bond donors (Lipinski definition) is 2. The van der Waals surface area contributed by atoms with Gasteiger partial charge < -0.3 is 5.11 Å². The average Bonchev–Trinajstić information content (AvgIpc) is 1.82. The highest BCUT2D eigenvalue weighted by Gasteiger charge is 2.10. The molecule has 0 heterocycles. The molecule has 0 aromatic heterocycles. The van der Waals surface area contributed by atoms with E-state index in [2.05, 4.69) is 12.6 Å². The van der Waals surface area contributed by atoms with Crippen molar-refractivity contribution in [1.82, 2.24) is 0 Å². The SMILES string of the molecule is Cc1cc(S)cc(C)c1C(=O)O. The van der Waals surface area contributed by atoms with Crippen LogP contribution in [0.25, 0.3) is 0 Å². The summed E-state index contributed by atoms with van der Waals surface area (Å²) in [6.07, 6.45) is 0. The third-order valence-electron chi connectivity index (χ3n) is 1.73. The summed E-state index contributed by atoms with van der Waals surface area (Å²) < 4.78 is 0. The Bertz CT molecular complexity index is 308. The Hall–Kier alpha value is -0.960. The minimum atomic E-state index is -0.877. The van der Waals surface area contributed by atoms with E-state index in [4.69, 9.17) is 5.11 Å². The molecule has 0 bridgehead atoms. The number of carbonyl (C=O) groups is 1. The van der Waals surface area contributed by atoms with Crippen LogP contribution in [-0.4, -0.2) is 11.1 Å². The molecule has 2 nitrogen and oxygen atoms in total. The Kier molecular flexibility index (Phi) is 2.43. The van der Waals surface area contributed by atoms with E-state index in [1.807, 2.05) is 0 Å². The van der Waals surface area contributed by atoms with Crippen molar-refractivity contribution in [1.29, 1.82) is 0 Å². The van der Waals surface area contributed by atoms with Gasteiger partial charge in [0.15, 0.2) is 0 Å². The summed E-state index contributed by atoms with van der Waals surface area (Å²) in [6, 6.07) is 3.50. The van der Waals surface area contributed by atoms with Gasteiger partial charge in [-0.3, -0.25) is 0 Å². The lowest BCUT2D eigenvalue weighted by Crippen LogP contribution is -2.02. The van der Waals surface area contributed by atoms with Gasteiger partial charge in [0, 0.05) is 4.90 Å². The van der Waals surface area contributed by atoms with Crippen molar-refractivity contribution in [3.63, 3.8) is 0 Å². The van der Waals surface area contributed by atoms with Crippen LogP contribution in [0.4, 0.5) is 0 Å². The maximum atomic E-state index is 10.7. The minimum Gasteiger partial charge on any atom is -0.478 e. The Morgan fingerprint density at radius 2 is 1.75 bits per heavy atom. The highest BCUT2D eigenvalue weighted by atomic mass is 32.1. The Morgan fingerprint density at radius 1 is 1.33 bits per heavy atom. The minimum absolute atomic E-state index is 0.382. The lowest BCUT2D eigenvalue weighted by atomic mass is 10.0. The highest BCUT2D eigenvalue weighted by Crippen LogP contribution is 2.18. The molecular weight excluding hydrogens is 172 g/mol. The normalized spacial score (nSPS) is 9.92. The smallest absolute Gasteiger partial charge is 0.336 e. The van der Waals surface area contributed by atoms with E-state index in [1.165, 1.54) is 0 Å². The van der Waals surface area contributed by atoms with Crippen LogP contribution in [0, 0.1) is 13.8 Å². The van der Waals surface area contributed by atoms with E-state index in [-0.39, 0.29) is 0 Å². The lowest BCUT2D eigenvalue weighted by Gasteiger charge is -2.05. The number of aromatic carboxylic acids is 1. The van der Waals surface area contributed by atoms with Crippen molar-refractivity contribution in [2.24, 2.45) is 0 Å². The number of carboxylic acids is 1. The zero-order valence-electron chi connectivity index (χ0n) is 6.96. The molecule has 1 aromatic carbocycles. The molecule has 0 saturated heterocycles. The molecule has 0 fully saturated rings. The second-order valence-corrected chi connectivity index (χ2v) is 3.28. The second-order valence-electron chi connectivity index (χ2n) is 2.76. The molecule has 0 spiro atoms. The number of hydrogen-bond acceptors (Lipinski definition) is 2. The molecule has 0 saturated carbocycles. The number of rotatable bonds is 1. The van der Waals surface area contributed by atoms with Crippen molar-refractivity contribution >= 4 is 18.6 Å². The summed E-state index contributed by atoms with van der Waals surface area (Å²) in [6.45, 7) is 3.55. The monoisotopic (exact) mass is 182 g/mol. The second kappa shape index (κ2) is 3.19. The van der Waals surface area contributed by atoms with Crippen LogP contribution in [0.1, 0.15) is 21.5 Å². The summed E-state index contributed by atoms with van der Waals surface area (Å²) in [5.74, 6) is -0.877. The Labute approximate surface area is 76.6 Å². The molecule has 1 rings (SSSR count). The summed E-state index contributed by atoms with van der Waals surface area (Å²) in [5, 5.41) is 8.81. The van der Waals surface area contributed by atoms with Gasteiger partial charge in [-0.25, -0.2) is 4.79 Å². The molecule has 0 aliphatic heterocycles. The summed E-state index contributed by atoms with van der Waals surface area (Å²) in [4.78, 5) is 11.5. The molecule has 0 radical (unpaired) electrons. The van der Waals surface area contributed by atoms with Crippen molar-refractivity contribution in [2.75, 3.05) is 0 Å². The predicted octanol–water partition coefficient (Wildman–Crippen LogP) is 2.29. The first kappa shape index (κ1) is 9.13. The van der Waals surface area contributed by atoms with Gasteiger partial charge in [-0.1, -0.05) is 0 Å². The topological polar surface area (TPSA) is 37.3 Å². The van der Waals surface area contributed by atoms with Crippen LogP contribution < -0.4 is 0 Å². The van der Waals surface area contributed by atoms with Crippen molar-refractivity contribution in [3.05, 3.63) is 28.8 Å². The third kappa shape index (κ3) is 1.61. The molecule has 0 atom stereocenters. The van der Waals surface area contributed by atoms with E-state index in [1.54, 1.807) is 26.0 Å². The Morgan fingerprint density at radius 3 is 2.08 bits per heavy atom. The number of carboxylic acid groups (broad SMARTS) is 1. The van der Waals surface area contributed by atoms with Crippen LogP contribution >= 0.6 is 12.6 Å². The molecule has 0 aliphatic rings. The fourth-order valence-electron chi connectivity index (χ4n) is 1.28. The molecule has 64 valence electrons. The largest absolute Gasteiger partial charge is 0.478 e. The van der Waals surface area contributed by atoms with Gasteiger partial charge in [0.25, 0.3) is 0 Å². The lowest BCUT2D eigenvalue weighted by molar-refractivity contribution is 0.0695. The van der Waals surface area contributed by atoms with Crippen LogP contribution in [0.5, 0.6) is 0 Å². The van der Waals surface area contributed by atoms with Crippen LogP contribution in [0.3, 0.4) is 0 Å². The van der Waals surface area contributed by atoms with Gasteiger partial charge in [0.2, 0.25) is 0 Å². The Balaban J connectivity index is 3.38. The van der Waals surface area contributed by atoms with Crippen LogP contribution in [0.2, 0.25) is 0 Å². The number of benzene rings is 1. The van der Waals surface area contributed by atoms with E-state index < -0.39 is 5.97 Å². The van der Waals surface area contributed by atoms with Crippen LogP contribution in [0.15, 0.2) is 17.0 Å². The summed E-state index contributed by atoms with van der Waals surface area (Å²) in [5.41, 5.74) is 1.90. The molecule has 1 N–H and O–H groups in total.